The molecule has 9 nitrogen and oxygen atoms in total. The van der Waals surface area contributed by atoms with Gasteiger partial charge in [0, 0.05) is 31.4 Å². The number of thiocarbonyl (C=S) groups is 1. The van der Waals surface area contributed by atoms with Crippen molar-refractivity contribution in [2.45, 2.75) is 11.8 Å². The predicted octanol–water partition coefficient (Wildman–Crippen LogP) is 1.99. The van der Waals surface area contributed by atoms with E-state index < -0.39 is 10.0 Å². The number of ether oxygens (including phenoxy) is 1. The Labute approximate surface area is 186 Å². The van der Waals surface area contributed by atoms with Crippen LogP contribution < -0.4 is 16.1 Å². The number of hydrogen-bond donors (Lipinski definition) is 3. The number of benzene rings is 2. The van der Waals surface area contributed by atoms with E-state index in [-0.39, 0.29) is 15.9 Å². The van der Waals surface area contributed by atoms with Crippen LogP contribution in [-0.2, 0) is 19.6 Å². The molecule has 1 saturated heterocycles. The van der Waals surface area contributed by atoms with Crippen LogP contribution in [0.1, 0.15) is 12.5 Å². The molecule has 11 heteroatoms. The van der Waals surface area contributed by atoms with E-state index in [1.807, 2.05) is 0 Å². The van der Waals surface area contributed by atoms with E-state index in [1.54, 1.807) is 42.6 Å². The molecule has 0 atom stereocenters. The number of carbonyl (C=O) groups excluding carboxylic acids is 1. The number of morpholine rings is 1. The van der Waals surface area contributed by atoms with Crippen LogP contribution in [0.4, 0.5) is 11.4 Å². The van der Waals surface area contributed by atoms with Crippen molar-refractivity contribution in [2.75, 3.05) is 36.9 Å². The van der Waals surface area contributed by atoms with E-state index in [0.717, 1.165) is 5.56 Å². The normalized spacial score (nSPS) is 14.9. The average Bonchev–Trinajstić information content (AvgIpc) is 2.75. The van der Waals surface area contributed by atoms with Gasteiger partial charge in [-0.25, -0.2) is 8.42 Å². The summed E-state index contributed by atoms with van der Waals surface area (Å²) in [6.45, 7) is 2.95. The van der Waals surface area contributed by atoms with E-state index >= 15 is 0 Å². The summed E-state index contributed by atoms with van der Waals surface area (Å²) in [6, 6.07) is 13.5. The van der Waals surface area contributed by atoms with Crippen LogP contribution in [0.25, 0.3) is 0 Å². The second-order valence-electron chi connectivity index (χ2n) is 6.67. The van der Waals surface area contributed by atoms with E-state index in [1.165, 1.54) is 23.4 Å². The van der Waals surface area contributed by atoms with Crippen LogP contribution in [0.2, 0.25) is 0 Å². The Morgan fingerprint density at radius 2 is 1.61 bits per heavy atom. The third-order valence-electron chi connectivity index (χ3n) is 4.33. The number of hydrogen-bond acceptors (Lipinski definition) is 6. The minimum Gasteiger partial charge on any atom is -0.379 e. The van der Waals surface area contributed by atoms with Gasteiger partial charge in [-0.1, -0.05) is 12.1 Å². The fourth-order valence-corrected chi connectivity index (χ4v) is 4.41. The Kier molecular flexibility index (Phi) is 7.69. The molecule has 1 heterocycles. The molecule has 1 aliphatic heterocycles. The Balaban J connectivity index is 1.52. The molecule has 3 rings (SSSR count). The van der Waals surface area contributed by atoms with Crippen molar-refractivity contribution >= 4 is 50.9 Å². The van der Waals surface area contributed by atoms with Crippen LogP contribution in [0.15, 0.2) is 58.5 Å². The lowest BCUT2D eigenvalue weighted by molar-refractivity contribution is -0.114. The number of carbonyl (C=O) groups is 1. The highest BCUT2D eigenvalue weighted by Gasteiger charge is 2.26. The second kappa shape index (κ2) is 10.4. The van der Waals surface area contributed by atoms with E-state index in [0.29, 0.717) is 37.7 Å². The van der Waals surface area contributed by atoms with Gasteiger partial charge in [-0.15, -0.1) is 0 Å². The molecule has 0 radical (unpaired) electrons. The van der Waals surface area contributed by atoms with E-state index in [9.17, 15) is 13.2 Å². The number of nitrogens with one attached hydrogen (secondary N) is 3. The minimum atomic E-state index is -3.53. The van der Waals surface area contributed by atoms with Gasteiger partial charge in [0.25, 0.3) is 0 Å². The fourth-order valence-electron chi connectivity index (χ4n) is 2.83. The van der Waals surface area contributed by atoms with Gasteiger partial charge in [0.05, 0.1) is 24.3 Å². The lowest BCUT2D eigenvalue weighted by Gasteiger charge is -2.26. The van der Waals surface area contributed by atoms with Crippen LogP contribution in [0, 0.1) is 0 Å². The lowest BCUT2D eigenvalue weighted by atomic mass is 10.2. The number of sulfonamides is 1. The molecule has 31 heavy (non-hydrogen) atoms. The smallest absolute Gasteiger partial charge is 0.243 e. The van der Waals surface area contributed by atoms with Gasteiger partial charge in [0.15, 0.2) is 5.11 Å². The molecule has 0 unspecified atom stereocenters. The van der Waals surface area contributed by atoms with Crippen molar-refractivity contribution in [1.82, 2.24) is 9.73 Å². The highest BCUT2D eigenvalue weighted by atomic mass is 32.2. The van der Waals surface area contributed by atoms with Gasteiger partial charge in [-0.05, 0) is 54.2 Å². The molecule has 164 valence electrons. The Bertz CT molecular complexity index is 1050. The average molecular weight is 462 g/mol. The van der Waals surface area contributed by atoms with Crippen molar-refractivity contribution in [3.8, 4) is 0 Å². The zero-order chi connectivity index (χ0) is 22.3. The molecular formula is C20H23N5O4S2. The third-order valence-corrected chi connectivity index (χ3v) is 6.44. The molecule has 1 aliphatic rings. The van der Waals surface area contributed by atoms with E-state index in [2.05, 4.69) is 21.2 Å². The van der Waals surface area contributed by atoms with Gasteiger partial charge < -0.3 is 15.4 Å². The van der Waals surface area contributed by atoms with Gasteiger partial charge in [-0.3, -0.25) is 10.2 Å². The summed E-state index contributed by atoms with van der Waals surface area (Å²) in [6.07, 6.45) is 1.59. The molecule has 0 aliphatic carbocycles. The molecule has 1 amide bonds. The molecule has 0 aromatic heterocycles. The molecule has 0 spiro atoms. The summed E-state index contributed by atoms with van der Waals surface area (Å²) in [5.74, 6) is -0.133. The first-order valence-corrected chi connectivity index (χ1v) is 11.3. The molecule has 2 aromatic rings. The monoisotopic (exact) mass is 461 g/mol. The Morgan fingerprint density at radius 1 is 1.03 bits per heavy atom. The first-order chi connectivity index (χ1) is 14.8. The zero-order valence-corrected chi connectivity index (χ0v) is 18.5. The fraction of sp³-hybridized carbons (Fsp3) is 0.250. The molecule has 1 fully saturated rings. The maximum absolute atomic E-state index is 12.6. The quantitative estimate of drug-likeness (QED) is 0.343. The summed E-state index contributed by atoms with van der Waals surface area (Å²) >= 11 is 5.20. The van der Waals surface area contributed by atoms with Crippen LogP contribution in [0.3, 0.4) is 0 Å². The number of amides is 1. The molecule has 0 saturated carbocycles. The van der Waals surface area contributed by atoms with Crippen molar-refractivity contribution < 1.29 is 17.9 Å². The summed E-state index contributed by atoms with van der Waals surface area (Å²) < 4.78 is 31.9. The summed E-state index contributed by atoms with van der Waals surface area (Å²) in [4.78, 5) is 11.3. The second-order valence-corrected chi connectivity index (χ2v) is 9.01. The summed E-state index contributed by atoms with van der Waals surface area (Å²) in [5.41, 5.74) is 4.86. The Morgan fingerprint density at radius 3 is 2.23 bits per heavy atom. The molecule has 2 aromatic carbocycles. The maximum atomic E-state index is 12.6. The van der Waals surface area contributed by atoms with Gasteiger partial charge in [0.1, 0.15) is 0 Å². The topological polar surface area (TPSA) is 112 Å². The SMILES string of the molecule is CC(=O)Nc1ccc(/C=N/NC(=S)Nc2ccc(S(=O)(=O)N3CCOCC3)cc2)cc1. The highest BCUT2D eigenvalue weighted by molar-refractivity contribution is 7.89. The highest BCUT2D eigenvalue weighted by Crippen LogP contribution is 2.19. The van der Waals surface area contributed by atoms with Crippen LogP contribution >= 0.6 is 12.2 Å². The first-order valence-electron chi connectivity index (χ1n) is 9.50. The van der Waals surface area contributed by atoms with Gasteiger partial charge in [-0.2, -0.15) is 9.41 Å². The number of anilines is 2. The molecule has 3 N–H and O–H groups in total. The molecular weight excluding hydrogens is 438 g/mol. The van der Waals surface area contributed by atoms with Crippen molar-refractivity contribution in [1.29, 1.82) is 0 Å². The standard InChI is InChI=1S/C20H23N5O4S2/c1-15(26)22-17-4-2-16(3-5-17)14-21-24-20(30)23-18-6-8-19(9-7-18)31(27,28)25-10-12-29-13-11-25/h2-9,14H,10-13H2,1H3,(H,22,26)(H2,23,24,30)/b21-14+. The lowest BCUT2D eigenvalue weighted by Crippen LogP contribution is -2.40. The van der Waals surface area contributed by atoms with E-state index in [4.69, 9.17) is 17.0 Å². The van der Waals surface area contributed by atoms with Crippen molar-refractivity contribution in [2.24, 2.45) is 5.10 Å². The van der Waals surface area contributed by atoms with Crippen molar-refractivity contribution in [3.63, 3.8) is 0 Å². The number of nitrogens with zero attached hydrogens (tertiary/aromatic N) is 2. The van der Waals surface area contributed by atoms with Crippen LogP contribution in [-0.4, -0.2) is 56.3 Å². The minimum absolute atomic E-state index is 0.133. The molecule has 0 bridgehead atoms. The van der Waals surface area contributed by atoms with Crippen LogP contribution in [0.5, 0.6) is 0 Å². The number of hydrazone groups is 1. The Hall–Kier alpha value is -2.86. The van der Waals surface area contributed by atoms with Crippen molar-refractivity contribution in [3.05, 3.63) is 54.1 Å². The summed E-state index contributed by atoms with van der Waals surface area (Å²) in [7, 11) is -3.53. The summed E-state index contributed by atoms with van der Waals surface area (Å²) in [5, 5.41) is 9.96. The number of rotatable bonds is 6. The van der Waals surface area contributed by atoms with Gasteiger partial charge in [0.2, 0.25) is 15.9 Å². The first kappa shape index (κ1) is 22.8. The maximum Gasteiger partial charge on any atom is 0.243 e. The largest absolute Gasteiger partial charge is 0.379 e. The van der Waals surface area contributed by atoms with Gasteiger partial charge >= 0.3 is 0 Å². The zero-order valence-electron chi connectivity index (χ0n) is 16.9. The predicted molar refractivity (Wildman–Crippen MR) is 124 cm³/mol. The third kappa shape index (κ3) is 6.56.